The van der Waals surface area contributed by atoms with Gasteiger partial charge in [-0.3, -0.25) is 4.79 Å². The van der Waals surface area contributed by atoms with Crippen molar-refractivity contribution in [2.75, 3.05) is 19.7 Å². The van der Waals surface area contributed by atoms with Gasteiger partial charge in [0.25, 0.3) is 0 Å². The summed E-state index contributed by atoms with van der Waals surface area (Å²) in [5.41, 5.74) is 1.94. The average molecular weight is 594 g/mol. The average Bonchev–Trinajstić information content (AvgIpc) is 3.04. The molecule has 43 heavy (non-hydrogen) atoms. The minimum atomic E-state index is -0.267. The van der Waals surface area contributed by atoms with Crippen molar-refractivity contribution in [1.82, 2.24) is 14.9 Å². The Kier molecular flexibility index (Phi) is 16.8. The standard InChI is InChI=1S/C36H55N3O4/c1-3-5-7-9-11-12-13-14-16-18-34-37-28-32(29-38-34)30-19-21-33(22-20-30)43-35(40)31-23-25-39(26-24-31)36(41)42-27-17-15-10-8-6-4-2/h19-22,28-29,31H,3-18,23-27H2,1-2H3. The Labute approximate surface area is 260 Å². The molecule has 1 amide bonds. The van der Waals surface area contributed by atoms with Crippen LogP contribution in [-0.2, 0) is 16.0 Å². The summed E-state index contributed by atoms with van der Waals surface area (Å²) in [5.74, 6) is 0.970. The van der Waals surface area contributed by atoms with E-state index in [9.17, 15) is 9.59 Å². The van der Waals surface area contributed by atoms with Crippen LogP contribution >= 0.6 is 0 Å². The fourth-order valence-corrected chi connectivity index (χ4v) is 5.57. The largest absolute Gasteiger partial charge is 0.449 e. The van der Waals surface area contributed by atoms with Gasteiger partial charge in [0, 0.05) is 37.5 Å². The Balaban J connectivity index is 1.31. The fourth-order valence-electron chi connectivity index (χ4n) is 5.57. The SMILES string of the molecule is CCCCCCCCCCCc1ncc(-c2ccc(OC(=O)C3CCN(C(=O)OCCCCCCCC)CC3)cc2)cn1. The molecule has 2 heterocycles. The van der Waals surface area contributed by atoms with Gasteiger partial charge in [0.05, 0.1) is 12.5 Å². The number of carbonyl (C=O) groups excluding carboxylic acids is 2. The van der Waals surface area contributed by atoms with Crippen molar-refractivity contribution >= 4 is 12.1 Å². The molecule has 0 atom stereocenters. The molecule has 1 saturated heterocycles. The number of ether oxygens (including phenoxy) is 2. The number of rotatable bonds is 20. The second-order valence-electron chi connectivity index (χ2n) is 12.1. The summed E-state index contributed by atoms with van der Waals surface area (Å²) < 4.78 is 11.1. The van der Waals surface area contributed by atoms with Crippen LogP contribution in [0.1, 0.15) is 129 Å². The number of aryl methyl sites for hydroxylation is 1. The number of carbonyl (C=O) groups is 2. The first-order valence-electron chi connectivity index (χ1n) is 17.2. The van der Waals surface area contributed by atoms with Gasteiger partial charge in [-0.15, -0.1) is 0 Å². The molecule has 3 rings (SSSR count). The number of hydrogen-bond donors (Lipinski definition) is 0. The summed E-state index contributed by atoms with van der Waals surface area (Å²) in [6.07, 6.45) is 24.3. The van der Waals surface area contributed by atoms with Crippen LogP contribution in [0.15, 0.2) is 36.7 Å². The van der Waals surface area contributed by atoms with Crippen LogP contribution in [0.4, 0.5) is 4.79 Å². The van der Waals surface area contributed by atoms with Gasteiger partial charge in [0.1, 0.15) is 11.6 Å². The molecule has 7 nitrogen and oxygen atoms in total. The van der Waals surface area contributed by atoms with Gasteiger partial charge >= 0.3 is 12.1 Å². The second-order valence-corrected chi connectivity index (χ2v) is 12.1. The summed E-state index contributed by atoms with van der Waals surface area (Å²) in [5, 5.41) is 0. The van der Waals surface area contributed by atoms with Crippen molar-refractivity contribution in [1.29, 1.82) is 0 Å². The van der Waals surface area contributed by atoms with Gasteiger partial charge in [0.15, 0.2) is 0 Å². The number of likely N-dealkylation sites (tertiary alicyclic amines) is 1. The minimum Gasteiger partial charge on any atom is -0.449 e. The van der Waals surface area contributed by atoms with E-state index < -0.39 is 0 Å². The highest BCUT2D eigenvalue weighted by atomic mass is 16.6. The van der Waals surface area contributed by atoms with E-state index in [-0.39, 0.29) is 18.0 Å². The maximum atomic E-state index is 12.8. The van der Waals surface area contributed by atoms with Crippen molar-refractivity contribution < 1.29 is 19.1 Å². The zero-order valence-corrected chi connectivity index (χ0v) is 26.9. The topological polar surface area (TPSA) is 81.6 Å². The minimum absolute atomic E-state index is 0.214. The summed E-state index contributed by atoms with van der Waals surface area (Å²) in [7, 11) is 0. The highest BCUT2D eigenvalue weighted by molar-refractivity contribution is 5.76. The van der Waals surface area contributed by atoms with E-state index in [1.54, 1.807) is 4.90 Å². The van der Waals surface area contributed by atoms with Crippen molar-refractivity contribution in [3.05, 3.63) is 42.5 Å². The molecule has 0 spiro atoms. The number of piperidine rings is 1. The van der Waals surface area contributed by atoms with E-state index >= 15 is 0 Å². The molecular formula is C36H55N3O4. The van der Waals surface area contributed by atoms with Crippen LogP contribution < -0.4 is 4.74 Å². The van der Waals surface area contributed by atoms with Gasteiger partial charge in [-0.25, -0.2) is 14.8 Å². The van der Waals surface area contributed by atoms with E-state index in [4.69, 9.17) is 9.47 Å². The van der Waals surface area contributed by atoms with Gasteiger partial charge in [-0.1, -0.05) is 109 Å². The molecule has 1 aliphatic heterocycles. The number of amides is 1. The maximum absolute atomic E-state index is 12.8. The molecule has 0 aliphatic carbocycles. The Morgan fingerprint density at radius 3 is 1.84 bits per heavy atom. The highest BCUT2D eigenvalue weighted by Gasteiger charge is 2.29. The maximum Gasteiger partial charge on any atom is 0.409 e. The molecule has 1 aliphatic rings. The lowest BCUT2D eigenvalue weighted by molar-refractivity contribution is -0.140. The zero-order valence-electron chi connectivity index (χ0n) is 26.9. The first kappa shape index (κ1) is 34.5. The fraction of sp³-hybridized carbons (Fsp3) is 0.667. The van der Waals surface area contributed by atoms with Crippen molar-refractivity contribution in [2.24, 2.45) is 5.92 Å². The molecule has 0 saturated carbocycles. The lowest BCUT2D eigenvalue weighted by Crippen LogP contribution is -2.41. The Morgan fingerprint density at radius 1 is 0.721 bits per heavy atom. The van der Waals surface area contributed by atoms with Crippen LogP contribution in [-0.4, -0.2) is 46.6 Å². The predicted molar refractivity (Wildman–Crippen MR) is 173 cm³/mol. The number of esters is 1. The van der Waals surface area contributed by atoms with Gasteiger partial charge in [-0.2, -0.15) is 0 Å². The number of nitrogens with zero attached hydrogens (tertiary/aromatic N) is 3. The third-order valence-electron chi connectivity index (χ3n) is 8.43. The van der Waals surface area contributed by atoms with Crippen LogP contribution in [0.5, 0.6) is 5.75 Å². The van der Waals surface area contributed by atoms with E-state index in [0.717, 1.165) is 42.6 Å². The van der Waals surface area contributed by atoms with E-state index in [0.29, 0.717) is 38.3 Å². The Morgan fingerprint density at radius 2 is 1.26 bits per heavy atom. The first-order valence-corrected chi connectivity index (χ1v) is 17.2. The monoisotopic (exact) mass is 593 g/mol. The highest BCUT2D eigenvalue weighted by Crippen LogP contribution is 2.24. The molecule has 238 valence electrons. The predicted octanol–water partition coefficient (Wildman–Crippen LogP) is 9.33. The smallest absolute Gasteiger partial charge is 0.409 e. The summed E-state index contributed by atoms with van der Waals surface area (Å²) in [6, 6.07) is 7.50. The molecule has 1 aromatic carbocycles. The number of aromatic nitrogens is 2. The summed E-state index contributed by atoms with van der Waals surface area (Å²) in [6.45, 7) is 5.97. The van der Waals surface area contributed by atoms with Crippen LogP contribution in [0.25, 0.3) is 11.1 Å². The summed E-state index contributed by atoms with van der Waals surface area (Å²) >= 11 is 0. The number of unbranched alkanes of at least 4 members (excludes halogenated alkanes) is 13. The summed E-state index contributed by atoms with van der Waals surface area (Å²) in [4.78, 5) is 36.0. The molecule has 1 fully saturated rings. The lowest BCUT2D eigenvalue weighted by atomic mass is 9.97. The molecule has 1 aromatic heterocycles. The molecule has 0 N–H and O–H groups in total. The van der Waals surface area contributed by atoms with Crippen molar-refractivity contribution in [3.63, 3.8) is 0 Å². The second kappa shape index (κ2) is 20.9. The Hall–Kier alpha value is -2.96. The molecule has 0 radical (unpaired) electrons. The van der Waals surface area contributed by atoms with E-state index in [2.05, 4.69) is 23.8 Å². The number of hydrogen-bond acceptors (Lipinski definition) is 6. The normalized spacial score (nSPS) is 13.7. The van der Waals surface area contributed by atoms with Crippen molar-refractivity contribution in [3.8, 4) is 16.9 Å². The van der Waals surface area contributed by atoms with E-state index in [1.807, 2.05) is 36.7 Å². The third-order valence-corrected chi connectivity index (χ3v) is 8.43. The quantitative estimate of drug-likeness (QED) is 0.0864. The zero-order chi connectivity index (χ0) is 30.5. The molecule has 2 aromatic rings. The lowest BCUT2D eigenvalue weighted by Gasteiger charge is -2.30. The Bertz CT molecular complexity index is 1030. The van der Waals surface area contributed by atoms with Crippen molar-refractivity contribution in [2.45, 2.75) is 129 Å². The van der Waals surface area contributed by atoms with Crippen LogP contribution in [0.3, 0.4) is 0 Å². The molecular weight excluding hydrogens is 538 g/mol. The van der Waals surface area contributed by atoms with Crippen LogP contribution in [0, 0.1) is 5.92 Å². The molecule has 7 heteroatoms. The third kappa shape index (κ3) is 13.5. The first-order chi connectivity index (χ1) is 21.1. The van der Waals surface area contributed by atoms with Crippen LogP contribution in [0.2, 0.25) is 0 Å². The van der Waals surface area contributed by atoms with E-state index in [1.165, 1.54) is 77.0 Å². The van der Waals surface area contributed by atoms with Gasteiger partial charge in [0.2, 0.25) is 0 Å². The molecule has 0 unspecified atom stereocenters. The van der Waals surface area contributed by atoms with Gasteiger partial charge < -0.3 is 14.4 Å². The van der Waals surface area contributed by atoms with Gasteiger partial charge in [-0.05, 0) is 43.4 Å². The number of benzene rings is 1. The molecule has 0 bridgehead atoms.